The lowest BCUT2D eigenvalue weighted by molar-refractivity contribution is -0.147. The Hall–Kier alpha value is -5.37. The van der Waals surface area contributed by atoms with Crippen molar-refractivity contribution in [1.29, 1.82) is 0 Å². The molecule has 1 atom stereocenters. The second kappa shape index (κ2) is 15.9. The summed E-state index contributed by atoms with van der Waals surface area (Å²) in [5.74, 6) is -0.688. The van der Waals surface area contributed by atoms with E-state index >= 15 is 0 Å². The Balaban J connectivity index is 1.05. The first kappa shape index (κ1) is 34.5. The zero-order chi connectivity index (χ0) is 34.9. The molecule has 0 radical (unpaired) electrons. The van der Waals surface area contributed by atoms with Crippen LogP contribution in [0.3, 0.4) is 0 Å². The number of nitrogens with zero attached hydrogens (tertiary/aromatic N) is 1. The van der Waals surface area contributed by atoms with Crippen LogP contribution in [-0.2, 0) is 22.1 Å². The number of ether oxygens (including phenoxy) is 1. The number of hydrogen-bond acceptors (Lipinski definition) is 4. The number of anilines is 2. The number of nitrogens with one attached hydrogen (secondary N) is 1. The molecule has 5 aromatic rings. The largest absolute Gasteiger partial charge is 0.465 e. The van der Waals surface area contributed by atoms with E-state index in [0.717, 1.165) is 62.2 Å². The summed E-state index contributed by atoms with van der Waals surface area (Å²) in [6, 6.07) is 39.4. The third-order valence-corrected chi connectivity index (χ3v) is 9.31. The zero-order valence-electron chi connectivity index (χ0n) is 27.6. The van der Waals surface area contributed by atoms with E-state index in [4.69, 9.17) is 4.74 Å². The smallest absolute Gasteiger partial charge is 0.416 e. The van der Waals surface area contributed by atoms with Crippen LogP contribution in [0.25, 0.3) is 11.1 Å². The molecule has 50 heavy (non-hydrogen) atoms. The minimum atomic E-state index is -4.43. The number of halogens is 3. The van der Waals surface area contributed by atoms with Crippen molar-refractivity contribution in [1.82, 2.24) is 0 Å². The highest BCUT2D eigenvalue weighted by Crippen LogP contribution is 2.36. The highest BCUT2D eigenvalue weighted by molar-refractivity contribution is 6.08. The molecule has 1 amide bonds. The van der Waals surface area contributed by atoms with E-state index in [2.05, 4.69) is 22.3 Å². The van der Waals surface area contributed by atoms with Gasteiger partial charge in [-0.2, -0.15) is 13.2 Å². The van der Waals surface area contributed by atoms with Gasteiger partial charge in [-0.15, -0.1) is 0 Å². The van der Waals surface area contributed by atoms with Gasteiger partial charge in [0.25, 0.3) is 5.91 Å². The molecular formula is C42H39F3N2O3. The van der Waals surface area contributed by atoms with Crippen molar-refractivity contribution < 1.29 is 27.5 Å². The van der Waals surface area contributed by atoms with Gasteiger partial charge in [0.2, 0.25) is 0 Å². The second-order valence-corrected chi connectivity index (χ2v) is 12.6. The quantitative estimate of drug-likeness (QED) is 0.112. The van der Waals surface area contributed by atoms with Crippen molar-refractivity contribution >= 4 is 23.3 Å². The van der Waals surface area contributed by atoms with Crippen LogP contribution in [0.2, 0.25) is 0 Å². The van der Waals surface area contributed by atoms with E-state index in [1.807, 2.05) is 72.8 Å². The SMILES string of the molecule is O=C(Nc1ccc(N2CCC(C(C(=O)OCCCc3ccccc3)c3ccccc3)CC2)cc1)c1ccccc1-c1ccc(C(F)(F)F)cc1. The summed E-state index contributed by atoms with van der Waals surface area (Å²) < 4.78 is 45.0. The molecule has 1 fully saturated rings. The third-order valence-electron chi connectivity index (χ3n) is 9.31. The number of aryl methyl sites for hydroxylation is 1. The van der Waals surface area contributed by atoms with Crippen LogP contribution >= 0.6 is 0 Å². The van der Waals surface area contributed by atoms with E-state index in [1.165, 1.54) is 17.7 Å². The van der Waals surface area contributed by atoms with Crippen LogP contribution in [-0.4, -0.2) is 31.6 Å². The number of carbonyl (C=O) groups is 2. The van der Waals surface area contributed by atoms with Crippen LogP contribution in [0.4, 0.5) is 24.5 Å². The first-order chi connectivity index (χ1) is 24.3. The van der Waals surface area contributed by atoms with Crippen molar-refractivity contribution in [2.45, 2.75) is 37.8 Å². The fourth-order valence-corrected chi connectivity index (χ4v) is 6.66. The normalized spacial score (nSPS) is 14.2. The molecule has 256 valence electrons. The lowest BCUT2D eigenvalue weighted by Crippen LogP contribution is -2.37. The fourth-order valence-electron chi connectivity index (χ4n) is 6.66. The summed E-state index contributed by atoms with van der Waals surface area (Å²) >= 11 is 0. The maximum atomic E-state index is 13.5. The van der Waals surface area contributed by atoms with Crippen molar-refractivity contribution in [3.05, 3.63) is 156 Å². The lowest BCUT2D eigenvalue weighted by atomic mass is 9.80. The number of rotatable bonds is 11. The summed E-state index contributed by atoms with van der Waals surface area (Å²) in [6.45, 7) is 1.95. The summed E-state index contributed by atoms with van der Waals surface area (Å²) in [7, 11) is 0. The predicted octanol–water partition coefficient (Wildman–Crippen LogP) is 9.80. The monoisotopic (exact) mass is 676 g/mol. The Morgan fingerprint density at radius 1 is 0.760 bits per heavy atom. The summed E-state index contributed by atoms with van der Waals surface area (Å²) in [4.78, 5) is 29.1. The molecule has 8 heteroatoms. The Labute approximate surface area is 290 Å². The van der Waals surface area contributed by atoms with E-state index in [9.17, 15) is 22.8 Å². The maximum Gasteiger partial charge on any atom is 0.416 e. The van der Waals surface area contributed by atoms with Gasteiger partial charge in [0.1, 0.15) is 0 Å². The van der Waals surface area contributed by atoms with Crippen molar-refractivity contribution in [3.8, 4) is 11.1 Å². The Kier molecular flexibility index (Phi) is 11.0. The van der Waals surface area contributed by atoms with Crippen LogP contribution in [0, 0.1) is 5.92 Å². The number of amides is 1. The highest BCUT2D eigenvalue weighted by Gasteiger charge is 2.34. The van der Waals surface area contributed by atoms with Gasteiger partial charge in [-0.3, -0.25) is 9.59 Å². The topological polar surface area (TPSA) is 58.6 Å². The molecule has 1 unspecified atom stereocenters. The van der Waals surface area contributed by atoms with Crippen molar-refractivity contribution in [2.75, 3.05) is 29.9 Å². The molecule has 1 heterocycles. The van der Waals surface area contributed by atoms with Gasteiger partial charge in [0, 0.05) is 30.0 Å². The van der Waals surface area contributed by atoms with E-state index < -0.39 is 11.7 Å². The summed E-state index contributed by atoms with van der Waals surface area (Å²) in [5, 5.41) is 2.93. The summed E-state index contributed by atoms with van der Waals surface area (Å²) in [6.07, 6.45) is -1.13. The average molecular weight is 677 g/mol. The number of hydrogen-bond donors (Lipinski definition) is 1. The first-order valence-corrected chi connectivity index (χ1v) is 16.9. The van der Waals surface area contributed by atoms with Gasteiger partial charge in [0.05, 0.1) is 18.1 Å². The lowest BCUT2D eigenvalue weighted by Gasteiger charge is -2.36. The van der Waals surface area contributed by atoms with E-state index in [-0.39, 0.29) is 23.7 Å². The van der Waals surface area contributed by atoms with Crippen LogP contribution in [0.5, 0.6) is 0 Å². The van der Waals surface area contributed by atoms with Crippen LogP contribution in [0.15, 0.2) is 133 Å². The molecule has 1 N–H and O–H groups in total. The third kappa shape index (κ3) is 8.61. The molecule has 0 aliphatic carbocycles. The van der Waals surface area contributed by atoms with E-state index in [1.54, 1.807) is 24.3 Å². The van der Waals surface area contributed by atoms with Gasteiger partial charge in [0.15, 0.2) is 0 Å². The predicted molar refractivity (Wildman–Crippen MR) is 191 cm³/mol. The average Bonchev–Trinajstić information content (AvgIpc) is 3.15. The van der Waals surface area contributed by atoms with Gasteiger partial charge < -0.3 is 15.0 Å². The summed E-state index contributed by atoms with van der Waals surface area (Å²) in [5.41, 5.74) is 4.53. The second-order valence-electron chi connectivity index (χ2n) is 12.6. The number of esters is 1. The van der Waals surface area contributed by atoms with Crippen molar-refractivity contribution in [3.63, 3.8) is 0 Å². The van der Waals surface area contributed by atoms with Gasteiger partial charge in [-0.05, 0) is 96.3 Å². The van der Waals surface area contributed by atoms with Crippen LogP contribution in [0.1, 0.15) is 52.2 Å². The molecule has 6 rings (SSSR count). The number of piperidine rings is 1. The van der Waals surface area contributed by atoms with Gasteiger partial charge in [-0.25, -0.2) is 0 Å². The standard InChI is InChI=1S/C42H39F3N2O3/c43-42(44,45)34-19-17-31(18-20-34)37-15-7-8-16-38(37)40(48)46-35-21-23-36(24-22-35)47-27-25-33(26-28-47)39(32-13-5-2-6-14-32)41(49)50-29-9-12-30-10-3-1-4-11-30/h1-8,10-11,13-24,33,39H,9,12,25-29H2,(H,46,48). The molecule has 0 bridgehead atoms. The fraction of sp³-hybridized carbons (Fsp3) is 0.238. The Morgan fingerprint density at radius 2 is 1.38 bits per heavy atom. The number of alkyl halides is 3. The molecule has 0 aromatic heterocycles. The molecule has 1 saturated heterocycles. The first-order valence-electron chi connectivity index (χ1n) is 16.9. The molecule has 0 saturated carbocycles. The minimum Gasteiger partial charge on any atom is -0.465 e. The van der Waals surface area contributed by atoms with Gasteiger partial charge >= 0.3 is 12.1 Å². The minimum absolute atomic E-state index is 0.151. The van der Waals surface area contributed by atoms with Gasteiger partial charge in [-0.1, -0.05) is 91.0 Å². The van der Waals surface area contributed by atoms with E-state index in [0.29, 0.717) is 29.0 Å². The molecule has 0 spiro atoms. The Bertz CT molecular complexity index is 1850. The molecule has 1 aliphatic heterocycles. The molecule has 1 aliphatic rings. The Morgan fingerprint density at radius 3 is 2.04 bits per heavy atom. The molecule has 5 nitrogen and oxygen atoms in total. The maximum absolute atomic E-state index is 13.5. The van der Waals surface area contributed by atoms with Crippen molar-refractivity contribution in [2.24, 2.45) is 5.92 Å². The highest BCUT2D eigenvalue weighted by atomic mass is 19.4. The number of benzene rings is 5. The molecule has 5 aromatic carbocycles. The zero-order valence-corrected chi connectivity index (χ0v) is 27.6. The molecular weight excluding hydrogens is 637 g/mol. The van der Waals surface area contributed by atoms with Crippen LogP contribution < -0.4 is 10.2 Å². The number of carbonyl (C=O) groups excluding carboxylic acids is 2.